The molecular formula is C20H21NO2. The second kappa shape index (κ2) is 7.25. The van der Waals surface area contributed by atoms with Crippen LogP contribution in [0.3, 0.4) is 0 Å². The fourth-order valence-electron chi connectivity index (χ4n) is 2.90. The van der Waals surface area contributed by atoms with E-state index in [1.165, 1.54) is 11.1 Å². The Morgan fingerprint density at radius 3 is 2.61 bits per heavy atom. The molecule has 0 fully saturated rings. The Morgan fingerprint density at radius 2 is 1.78 bits per heavy atom. The summed E-state index contributed by atoms with van der Waals surface area (Å²) in [5.41, 5.74) is 4.71. The SMILES string of the molecule is CCNC(=O)COC1Cc2ccccc2C=Cc2ccccc21. The number of amides is 1. The Bertz CT molecular complexity index is 721. The van der Waals surface area contributed by atoms with Crippen molar-refractivity contribution in [1.29, 1.82) is 0 Å². The topological polar surface area (TPSA) is 38.3 Å². The van der Waals surface area contributed by atoms with Gasteiger partial charge in [-0.2, -0.15) is 0 Å². The monoisotopic (exact) mass is 307 g/mol. The van der Waals surface area contributed by atoms with Gasteiger partial charge in [0, 0.05) is 13.0 Å². The van der Waals surface area contributed by atoms with Gasteiger partial charge in [-0.3, -0.25) is 4.79 Å². The Balaban J connectivity index is 1.91. The number of likely N-dealkylation sites (N-methyl/N-ethyl adjacent to an activating group) is 1. The van der Waals surface area contributed by atoms with E-state index in [2.05, 4.69) is 41.7 Å². The first-order valence-electron chi connectivity index (χ1n) is 8.01. The molecule has 118 valence electrons. The number of benzene rings is 2. The van der Waals surface area contributed by atoms with Gasteiger partial charge in [0.25, 0.3) is 0 Å². The summed E-state index contributed by atoms with van der Waals surface area (Å²) >= 11 is 0. The highest BCUT2D eigenvalue weighted by Gasteiger charge is 2.19. The number of rotatable bonds is 4. The molecule has 0 heterocycles. The summed E-state index contributed by atoms with van der Waals surface area (Å²) in [6.45, 7) is 2.61. The van der Waals surface area contributed by atoms with Gasteiger partial charge in [-0.05, 0) is 29.2 Å². The van der Waals surface area contributed by atoms with Crippen molar-refractivity contribution in [3.8, 4) is 0 Å². The molecule has 1 unspecified atom stereocenters. The minimum atomic E-state index is -0.125. The summed E-state index contributed by atoms with van der Waals surface area (Å²) in [6, 6.07) is 16.5. The normalized spacial score (nSPS) is 16.0. The van der Waals surface area contributed by atoms with Crippen LogP contribution in [0.4, 0.5) is 0 Å². The van der Waals surface area contributed by atoms with E-state index in [4.69, 9.17) is 4.74 Å². The van der Waals surface area contributed by atoms with Crippen LogP contribution in [0.15, 0.2) is 48.5 Å². The van der Waals surface area contributed by atoms with E-state index in [0.717, 1.165) is 17.5 Å². The van der Waals surface area contributed by atoms with Crippen LogP contribution < -0.4 is 5.32 Å². The second-order valence-corrected chi connectivity index (χ2v) is 5.62. The maximum Gasteiger partial charge on any atom is 0.246 e. The molecule has 0 bridgehead atoms. The molecule has 2 aromatic carbocycles. The number of nitrogens with one attached hydrogen (secondary N) is 1. The molecule has 3 heteroatoms. The van der Waals surface area contributed by atoms with Gasteiger partial charge >= 0.3 is 0 Å². The Morgan fingerprint density at radius 1 is 1.09 bits per heavy atom. The highest BCUT2D eigenvalue weighted by Crippen LogP contribution is 2.30. The fraction of sp³-hybridized carbons (Fsp3) is 0.250. The number of hydrogen-bond donors (Lipinski definition) is 1. The molecule has 3 nitrogen and oxygen atoms in total. The van der Waals surface area contributed by atoms with Gasteiger partial charge < -0.3 is 10.1 Å². The summed E-state index contributed by atoms with van der Waals surface area (Å²) in [6.07, 6.45) is 4.90. The van der Waals surface area contributed by atoms with E-state index < -0.39 is 0 Å². The Labute approximate surface area is 137 Å². The standard InChI is InChI=1S/C20H21NO2/c1-2-21-20(22)14-23-19-13-17-9-4-3-7-15(17)11-12-16-8-5-6-10-18(16)19/h3-12,19H,2,13-14H2,1H3,(H,21,22). The zero-order valence-electron chi connectivity index (χ0n) is 13.3. The van der Waals surface area contributed by atoms with E-state index in [1.807, 2.05) is 31.2 Å². The molecular weight excluding hydrogens is 286 g/mol. The molecule has 3 rings (SSSR count). The lowest BCUT2D eigenvalue weighted by Crippen LogP contribution is -2.28. The lowest BCUT2D eigenvalue weighted by Gasteiger charge is -2.23. The quantitative estimate of drug-likeness (QED) is 0.937. The highest BCUT2D eigenvalue weighted by atomic mass is 16.5. The van der Waals surface area contributed by atoms with Gasteiger partial charge in [0.2, 0.25) is 5.91 Å². The summed E-state index contributed by atoms with van der Waals surface area (Å²) in [5.74, 6) is -0.0733. The average molecular weight is 307 g/mol. The van der Waals surface area contributed by atoms with E-state index in [-0.39, 0.29) is 18.6 Å². The second-order valence-electron chi connectivity index (χ2n) is 5.62. The minimum Gasteiger partial charge on any atom is -0.363 e. The number of hydrogen-bond acceptors (Lipinski definition) is 2. The van der Waals surface area contributed by atoms with Gasteiger partial charge in [-0.1, -0.05) is 60.7 Å². The van der Waals surface area contributed by atoms with E-state index in [0.29, 0.717) is 6.54 Å². The van der Waals surface area contributed by atoms with Crippen LogP contribution in [0.2, 0.25) is 0 Å². The molecule has 0 aliphatic heterocycles. The van der Waals surface area contributed by atoms with Crippen LogP contribution in [0.5, 0.6) is 0 Å². The maximum absolute atomic E-state index is 11.7. The number of carbonyl (C=O) groups is 1. The van der Waals surface area contributed by atoms with Crippen LogP contribution in [0, 0.1) is 0 Å². The molecule has 0 radical (unpaired) electrons. The van der Waals surface area contributed by atoms with Crippen molar-refractivity contribution in [2.45, 2.75) is 19.4 Å². The number of carbonyl (C=O) groups excluding carboxylic acids is 1. The molecule has 1 aliphatic rings. The van der Waals surface area contributed by atoms with Crippen LogP contribution in [-0.4, -0.2) is 19.1 Å². The smallest absolute Gasteiger partial charge is 0.246 e. The van der Waals surface area contributed by atoms with Gasteiger partial charge in [-0.15, -0.1) is 0 Å². The summed E-state index contributed by atoms with van der Waals surface area (Å²) in [7, 11) is 0. The first-order chi connectivity index (χ1) is 11.3. The summed E-state index contributed by atoms with van der Waals surface area (Å²) < 4.78 is 5.97. The third-order valence-corrected chi connectivity index (χ3v) is 4.04. The molecule has 1 N–H and O–H groups in total. The van der Waals surface area contributed by atoms with Gasteiger partial charge in [0.15, 0.2) is 0 Å². The molecule has 0 spiro atoms. The van der Waals surface area contributed by atoms with Gasteiger partial charge in [-0.25, -0.2) is 0 Å². The summed E-state index contributed by atoms with van der Waals surface area (Å²) in [4.78, 5) is 11.7. The zero-order valence-corrected chi connectivity index (χ0v) is 13.3. The Kier molecular flexibility index (Phi) is 4.89. The predicted octanol–water partition coefficient (Wildman–Crippen LogP) is 3.61. The minimum absolute atomic E-state index is 0.0733. The molecule has 0 aromatic heterocycles. The first kappa shape index (κ1) is 15.5. The van der Waals surface area contributed by atoms with Gasteiger partial charge in [0.05, 0.1) is 6.10 Å². The highest BCUT2D eigenvalue weighted by molar-refractivity contribution is 5.77. The van der Waals surface area contributed by atoms with E-state index in [9.17, 15) is 4.79 Å². The van der Waals surface area contributed by atoms with Crippen LogP contribution in [-0.2, 0) is 16.0 Å². The van der Waals surface area contributed by atoms with Crippen molar-refractivity contribution in [3.63, 3.8) is 0 Å². The number of ether oxygens (including phenoxy) is 1. The van der Waals surface area contributed by atoms with E-state index >= 15 is 0 Å². The lowest BCUT2D eigenvalue weighted by atomic mass is 9.91. The van der Waals surface area contributed by atoms with Crippen LogP contribution in [0.1, 0.15) is 35.3 Å². The molecule has 0 saturated carbocycles. The molecule has 2 aromatic rings. The van der Waals surface area contributed by atoms with Crippen molar-refractivity contribution in [3.05, 3.63) is 70.8 Å². The zero-order chi connectivity index (χ0) is 16.1. The third-order valence-electron chi connectivity index (χ3n) is 4.04. The Hall–Kier alpha value is -2.39. The van der Waals surface area contributed by atoms with Crippen molar-refractivity contribution in [2.75, 3.05) is 13.2 Å². The largest absolute Gasteiger partial charge is 0.363 e. The van der Waals surface area contributed by atoms with Gasteiger partial charge in [0.1, 0.15) is 6.61 Å². The summed E-state index contributed by atoms with van der Waals surface area (Å²) in [5, 5.41) is 2.78. The fourth-order valence-corrected chi connectivity index (χ4v) is 2.90. The number of fused-ring (bicyclic) bond motifs is 2. The van der Waals surface area contributed by atoms with Crippen molar-refractivity contribution in [2.24, 2.45) is 0 Å². The molecule has 23 heavy (non-hydrogen) atoms. The van der Waals surface area contributed by atoms with Crippen LogP contribution >= 0.6 is 0 Å². The van der Waals surface area contributed by atoms with Crippen molar-refractivity contribution < 1.29 is 9.53 Å². The molecule has 0 saturated heterocycles. The predicted molar refractivity (Wildman–Crippen MR) is 92.9 cm³/mol. The van der Waals surface area contributed by atoms with E-state index in [1.54, 1.807) is 0 Å². The molecule has 1 aliphatic carbocycles. The third kappa shape index (κ3) is 3.69. The first-order valence-corrected chi connectivity index (χ1v) is 8.01. The lowest BCUT2D eigenvalue weighted by molar-refractivity contribution is -0.127. The van der Waals surface area contributed by atoms with Crippen LogP contribution in [0.25, 0.3) is 12.2 Å². The van der Waals surface area contributed by atoms with Crippen molar-refractivity contribution >= 4 is 18.1 Å². The molecule has 1 atom stereocenters. The maximum atomic E-state index is 11.7. The average Bonchev–Trinajstić information content (AvgIpc) is 2.56. The van der Waals surface area contributed by atoms with Crippen molar-refractivity contribution in [1.82, 2.24) is 5.32 Å². The molecule has 1 amide bonds.